The molecule has 2 N–H and O–H groups in total. The second kappa shape index (κ2) is 7.78. The molecule has 8 heteroatoms. The Morgan fingerprint density at radius 3 is 2.43 bits per heavy atom. The first-order valence-corrected chi connectivity index (χ1v) is 8.37. The van der Waals surface area contributed by atoms with Crippen molar-refractivity contribution in [1.82, 2.24) is 4.31 Å². The highest BCUT2D eigenvalue weighted by molar-refractivity contribution is 9.10. The summed E-state index contributed by atoms with van der Waals surface area (Å²) in [6.07, 6.45) is 0. The highest BCUT2D eigenvalue weighted by Crippen LogP contribution is 2.30. The summed E-state index contributed by atoms with van der Waals surface area (Å²) >= 11 is 3.28. The summed E-state index contributed by atoms with van der Waals surface area (Å²) in [5, 5.41) is 0. The van der Waals surface area contributed by atoms with Crippen LogP contribution in [0.1, 0.15) is 13.8 Å². The van der Waals surface area contributed by atoms with Gasteiger partial charge in [-0.3, -0.25) is 0 Å². The van der Waals surface area contributed by atoms with Gasteiger partial charge in [0, 0.05) is 18.1 Å². The Morgan fingerprint density at radius 2 is 1.95 bits per heavy atom. The van der Waals surface area contributed by atoms with Crippen LogP contribution in [-0.4, -0.2) is 40.0 Å². The van der Waals surface area contributed by atoms with Crippen molar-refractivity contribution in [2.24, 2.45) is 11.1 Å². The fraction of sp³-hybridized carbons (Fsp3) is 0.538. The van der Waals surface area contributed by atoms with Crippen molar-refractivity contribution in [3.05, 3.63) is 22.7 Å². The summed E-state index contributed by atoms with van der Waals surface area (Å²) in [5.74, 6) is 0.325. The number of halogens is 2. The first kappa shape index (κ1) is 20.7. The summed E-state index contributed by atoms with van der Waals surface area (Å²) in [6.45, 7) is 4.60. The molecule has 21 heavy (non-hydrogen) atoms. The second-order valence-corrected chi connectivity index (χ2v) is 8.35. The average Bonchev–Trinajstić information content (AvgIpc) is 2.38. The molecule has 0 radical (unpaired) electrons. The van der Waals surface area contributed by atoms with Crippen molar-refractivity contribution in [1.29, 1.82) is 0 Å². The number of ether oxygens (including phenoxy) is 1. The van der Waals surface area contributed by atoms with Crippen LogP contribution in [0.25, 0.3) is 0 Å². The van der Waals surface area contributed by atoms with Gasteiger partial charge in [0.2, 0.25) is 10.0 Å². The van der Waals surface area contributed by atoms with Gasteiger partial charge in [-0.1, -0.05) is 29.8 Å². The van der Waals surface area contributed by atoms with E-state index >= 15 is 0 Å². The minimum absolute atomic E-state index is 0. The van der Waals surface area contributed by atoms with Crippen LogP contribution in [0.4, 0.5) is 0 Å². The molecule has 1 aromatic rings. The Bertz CT molecular complexity index is 579. The van der Waals surface area contributed by atoms with Gasteiger partial charge in [0.05, 0.1) is 7.11 Å². The molecule has 0 saturated carbocycles. The Kier molecular flexibility index (Phi) is 7.66. The summed E-state index contributed by atoms with van der Waals surface area (Å²) in [7, 11) is -0.626. The topological polar surface area (TPSA) is 72.6 Å². The summed E-state index contributed by atoms with van der Waals surface area (Å²) < 4.78 is 32.4. The van der Waals surface area contributed by atoms with E-state index in [4.69, 9.17) is 10.5 Å². The Morgan fingerprint density at radius 1 is 1.38 bits per heavy atom. The number of hydrogen-bond acceptors (Lipinski definition) is 4. The predicted molar refractivity (Wildman–Crippen MR) is 90.6 cm³/mol. The van der Waals surface area contributed by atoms with Crippen molar-refractivity contribution < 1.29 is 13.2 Å². The van der Waals surface area contributed by atoms with E-state index < -0.39 is 10.0 Å². The number of nitrogens with zero attached hydrogens (tertiary/aromatic N) is 1. The minimum Gasteiger partial charge on any atom is -0.495 e. The molecule has 0 aliphatic heterocycles. The normalized spacial score (nSPS) is 12.1. The SMILES string of the molecule is COc1ccc(Br)cc1S(=O)(=O)N(C)CC(C)(C)CN.Cl. The lowest BCUT2D eigenvalue weighted by atomic mass is 9.94. The highest BCUT2D eigenvalue weighted by Gasteiger charge is 2.29. The number of hydrogen-bond donors (Lipinski definition) is 1. The molecule has 1 aromatic carbocycles. The third-order valence-electron chi connectivity index (χ3n) is 3.02. The summed E-state index contributed by atoms with van der Waals surface area (Å²) in [6, 6.07) is 4.90. The highest BCUT2D eigenvalue weighted by atomic mass is 79.9. The Balaban J connectivity index is 0.00000400. The molecule has 5 nitrogen and oxygen atoms in total. The molecular formula is C13H22BrClN2O3S. The number of methoxy groups -OCH3 is 1. The van der Waals surface area contributed by atoms with E-state index in [1.807, 2.05) is 13.8 Å². The van der Waals surface area contributed by atoms with Crippen LogP contribution in [0.5, 0.6) is 5.75 Å². The van der Waals surface area contributed by atoms with Gasteiger partial charge in [0.25, 0.3) is 0 Å². The molecular weight excluding hydrogens is 380 g/mol. The first-order valence-electron chi connectivity index (χ1n) is 6.14. The van der Waals surface area contributed by atoms with E-state index in [0.29, 0.717) is 23.3 Å². The van der Waals surface area contributed by atoms with Crippen molar-refractivity contribution in [2.75, 3.05) is 27.2 Å². The molecule has 122 valence electrons. The molecule has 0 bridgehead atoms. The van der Waals surface area contributed by atoms with Crippen LogP contribution in [0.2, 0.25) is 0 Å². The number of nitrogens with two attached hydrogens (primary N) is 1. The minimum atomic E-state index is -3.62. The predicted octanol–water partition coefficient (Wildman–Crippen LogP) is 2.48. The fourth-order valence-electron chi connectivity index (χ4n) is 1.77. The van der Waals surface area contributed by atoms with Gasteiger partial charge in [0.1, 0.15) is 10.6 Å². The standard InChI is InChI=1S/C13H21BrN2O3S.ClH/c1-13(2,8-15)9-16(3)20(17,18)12-7-10(14)5-6-11(12)19-4;/h5-7H,8-9,15H2,1-4H3;1H. The van der Waals surface area contributed by atoms with E-state index in [1.165, 1.54) is 11.4 Å². The van der Waals surface area contributed by atoms with Gasteiger partial charge in [-0.15, -0.1) is 12.4 Å². The Labute approximate surface area is 141 Å². The maximum Gasteiger partial charge on any atom is 0.246 e. The van der Waals surface area contributed by atoms with Gasteiger partial charge in [-0.05, 0) is 30.2 Å². The molecule has 0 aliphatic rings. The van der Waals surface area contributed by atoms with Gasteiger partial charge >= 0.3 is 0 Å². The maximum absolute atomic E-state index is 12.6. The van der Waals surface area contributed by atoms with Gasteiger partial charge in [0.15, 0.2) is 0 Å². The summed E-state index contributed by atoms with van der Waals surface area (Å²) in [4.78, 5) is 0.143. The Hall–Kier alpha value is -0.340. The van der Waals surface area contributed by atoms with Gasteiger partial charge in [-0.25, -0.2) is 12.7 Å². The van der Waals surface area contributed by atoms with E-state index in [9.17, 15) is 8.42 Å². The largest absolute Gasteiger partial charge is 0.495 e. The molecule has 0 fully saturated rings. The average molecular weight is 402 g/mol. The van der Waals surface area contributed by atoms with Crippen LogP contribution in [-0.2, 0) is 10.0 Å². The number of sulfonamides is 1. The zero-order valence-corrected chi connectivity index (χ0v) is 15.8. The lowest BCUT2D eigenvalue weighted by Crippen LogP contribution is -2.39. The maximum atomic E-state index is 12.6. The van der Waals surface area contributed by atoms with Crippen LogP contribution in [0, 0.1) is 5.41 Å². The van der Waals surface area contributed by atoms with E-state index in [2.05, 4.69) is 15.9 Å². The third-order valence-corrected chi connectivity index (χ3v) is 5.34. The first-order chi connectivity index (χ1) is 9.14. The third kappa shape index (κ3) is 5.10. The van der Waals surface area contributed by atoms with E-state index in [0.717, 1.165) is 0 Å². The van der Waals surface area contributed by atoms with Crippen molar-refractivity contribution in [3.63, 3.8) is 0 Å². The van der Waals surface area contributed by atoms with Crippen LogP contribution in [0.3, 0.4) is 0 Å². The molecule has 0 spiro atoms. The summed E-state index contributed by atoms with van der Waals surface area (Å²) in [5.41, 5.74) is 5.37. The second-order valence-electron chi connectivity index (χ2n) is 5.42. The van der Waals surface area contributed by atoms with E-state index in [-0.39, 0.29) is 22.7 Å². The zero-order valence-electron chi connectivity index (χ0n) is 12.6. The zero-order chi connectivity index (χ0) is 15.6. The molecule has 0 aromatic heterocycles. The molecule has 0 aliphatic carbocycles. The van der Waals surface area contributed by atoms with Crippen LogP contribution >= 0.6 is 28.3 Å². The molecule has 1 rings (SSSR count). The van der Waals surface area contributed by atoms with Crippen LogP contribution in [0.15, 0.2) is 27.6 Å². The molecule has 0 unspecified atom stereocenters. The fourth-order valence-corrected chi connectivity index (χ4v) is 3.82. The molecule has 0 heterocycles. The van der Waals surface area contributed by atoms with Gasteiger partial charge in [-0.2, -0.15) is 0 Å². The van der Waals surface area contributed by atoms with Crippen LogP contribution < -0.4 is 10.5 Å². The molecule has 0 saturated heterocycles. The van der Waals surface area contributed by atoms with Gasteiger partial charge < -0.3 is 10.5 Å². The van der Waals surface area contributed by atoms with Crippen molar-refractivity contribution >= 4 is 38.4 Å². The van der Waals surface area contributed by atoms with Crippen molar-refractivity contribution in [2.45, 2.75) is 18.7 Å². The number of rotatable bonds is 6. The lowest BCUT2D eigenvalue weighted by Gasteiger charge is -2.28. The van der Waals surface area contributed by atoms with Crippen molar-refractivity contribution in [3.8, 4) is 5.75 Å². The van der Waals surface area contributed by atoms with E-state index in [1.54, 1.807) is 25.2 Å². The lowest BCUT2D eigenvalue weighted by molar-refractivity contribution is 0.291. The number of benzene rings is 1. The monoisotopic (exact) mass is 400 g/mol. The quantitative estimate of drug-likeness (QED) is 0.795. The molecule has 0 atom stereocenters. The smallest absolute Gasteiger partial charge is 0.246 e. The molecule has 0 amide bonds.